The summed E-state index contributed by atoms with van der Waals surface area (Å²) in [6.07, 6.45) is 2.51. The molecule has 0 unspecified atom stereocenters. The van der Waals surface area contributed by atoms with Crippen LogP contribution in [-0.2, 0) is 16.5 Å². The molecule has 3 heterocycles. The standard InChI is InChI=1S/C23H29FN4O3/c1-5-17(14-30-4)28-21-19(24)11-18(27-6-8-31-9-7-27)12-20(21)25-22(28)16-10-15(2)23(29)26(3)13-16/h10-13,17H,5-9,14H2,1-4H3/t17-/m1/s1. The zero-order valence-corrected chi connectivity index (χ0v) is 18.5. The molecule has 1 fully saturated rings. The normalized spacial score (nSPS) is 15.6. The first kappa shape index (κ1) is 21.5. The minimum atomic E-state index is -0.311. The lowest BCUT2D eigenvalue weighted by molar-refractivity contribution is 0.122. The molecule has 4 rings (SSSR count). The van der Waals surface area contributed by atoms with Gasteiger partial charge in [-0.3, -0.25) is 4.79 Å². The molecule has 166 valence electrons. The summed E-state index contributed by atoms with van der Waals surface area (Å²) in [5.41, 5.74) is 3.20. The van der Waals surface area contributed by atoms with Crippen molar-refractivity contribution < 1.29 is 13.9 Å². The summed E-state index contributed by atoms with van der Waals surface area (Å²) in [6, 6.07) is 5.26. The Morgan fingerprint density at radius 2 is 2.00 bits per heavy atom. The zero-order valence-electron chi connectivity index (χ0n) is 18.5. The number of fused-ring (bicyclic) bond motifs is 1. The van der Waals surface area contributed by atoms with Crippen LogP contribution in [0.2, 0.25) is 0 Å². The highest BCUT2D eigenvalue weighted by Gasteiger charge is 2.24. The van der Waals surface area contributed by atoms with Crippen molar-refractivity contribution in [1.82, 2.24) is 14.1 Å². The van der Waals surface area contributed by atoms with Gasteiger partial charge in [-0.05, 0) is 31.5 Å². The smallest absolute Gasteiger partial charge is 0.253 e. The number of methoxy groups -OCH3 is 1. The Morgan fingerprint density at radius 3 is 2.65 bits per heavy atom. The Morgan fingerprint density at radius 1 is 1.26 bits per heavy atom. The third-order valence-electron chi connectivity index (χ3n) is 5.92. The van der Waals surface area contributed by atoms with Crippen LogP contribution in [-0.4, -0.2) is 54.1 Å². The van der Waals surface area contributed by atoms with E-state index in [2.05, 4.69) is 4.90 Å². The Hall–Kier alpha value is -2.71. The van der Waals surface area contributed by atoms with Crippen molar-refractivity contribution >= 4 is 16.7 Å². The fraction of sp³-hybridized carbons (Fsp3) is 0.478. The number of imidazole rings is 1. The van der Waals surface area contributed by atoms with Crippen molar-refractivity contribution in [2.75, 3.05) is 44.9 Å². The van der Waals surface area contributed by atoms with Crippen LogP contribution in [0.5, 0.6) is 0 Å². The third kappa shape index (κ3) is 3.97. The zero-order chi connectivity index (χ0) is 22.1. The number of hydrogen-bond donors (Lipinski definition) is 0. The van der Waals surface area contributed by atoms with E-state index in [-0.39, 0.29) is 17.4 Å². The van der Waals surface area contributed by atoms with E-state index < -0.39 is 0 Å². The molecule has 1 aromatic carbocycles. The molecule has 1 aliphatic rings. The lowest BCUT2D eigenvalue weighted by Crippen LogP contribution is -2.36. The first-order valence-electron chi connectivity index (χ1n) is 10.6. The van der Waals surface area contributed by atoms with E-state index in [4.69, 9.17) is 14.5 Å². The average molecular weight is 429 g/mol. The maximum Gasteiger partial charge on any atom is 0.253 e. The Bertz CT molecular complexity index is 1120. The first-order chi connectivity index (χ1) is 14.9. The summed E-state index contributed by atoms with van der Waals surface area (Å²) in [7, 11) is 3.36. The molecule has 1 aliphatic heterocycles. The molecule has 2 aromatic heterocycles. The van der Waals surface area contributed by atoms with Crippen molar-refractivity contribution in [3.8, 4) is 11.4 Å². The van der Waals surface area contributed by atoms with Gasteiger partial charge in [0.15, 0.2) is 5.82 Å². The van der Waals surface area contributed by atoms with Crippen LogP contribution < -0.4 is 10.5 Å². The lowest BCUT2D eigenvalue weighted by Gasteiger charge is -2.29. The van der Waals surface area contributed by atoms with Gasteiger partial charge in [-0.1, -0.05) is 6.92 Å². The Labute approximate surface area is 181 Å². The highest BCUT2D eigenvalue weighted by molar-refractivity contribution is 5.85. The van der Waals surface area contributed by atoms with Crippen molar-refractivity contribution in [1.29, 1.82) is 0 Å². The van der Waals surface area contributed by atoms with Crippen molar-refractivity contribution in [3.05, 3.63) is 46.1 Å². The van der Waals surface area contributed by atoms with Crippen LogP contribution in [0, 0.1) is 12.7 Å². The van der Waals surface area contributed by atoms with Gasteiger partial charge >= 0.3 is 0 Å². The number of pyridine rings is 1. The summed E-state index contributed by atoms with van der Waals surface area (Å²) in [4.78, 5) is 19.2. The van der Waals surface area contributed by atoms with Gasteiger partial charge in [-0.15, -0.1) is 0 Å². The van der Waals surface area contributed by atoms with Crippen LogP contribution >= 0.6 is 0 Å². The van der Waals surface area contributed by atoms with E-state index in [0.717, 1.165) is 30.8 Å². The van der Waals surface area contributed by atoms with E-state index in [0.29, 0.717) is 42.2 Å². The summed E-state index contributed by atoms with van der Waals surface area (Å²) in [6.45, 7) is 6.96. The number of morpholine rings is 1. The average Bonchev–Trinajstić information content (AvgIpc) is 3.16. The SMILES string of the molecule is CC[C@H](COC)n1c(-c2cc(C)c(=O)n(C)c2)nc2cc(N3CCOCC3)cc(F)c21. The predicted molar refractivity (Wildman–Crippen MR) is 119 cm³/mol. The monoisotopic (exact) mass is 428 g/mol. The summed E-state index contributed by atoms with van der Waals surface area (Å²) >= 11 is 0. The Balaban J connectivity index is 1.95. The first-order valence-corrected chi connectivity index (χ1v) is 10.6. The van der Waals surface area contributed by atoms with Crippen LogP contribution in [0.4, 0.5) is 10.1 Å². The highest BCUT2D eigenvalue weighted by Crippen LogP contribution is 2.34. The van der Waals surface area contributed by atoms with Crippen LogP contribution in [0.15, 0.2) is 29.2 Å². The fourth-order valence-electron chi connectivity index (χ4n) is 4.30. The van der Waals surface area contributed by atoms with E-state index in [9.17, 15) is 4.79 Å². The molecule has 1 atom stereocenters. The number of benzene rings is 1. The van der Waals surface area contributed by atoms with E-state index in [1.54, 1.807) is 37.9 Å². The minimum Gasteiger partial charge on any atom is -0.383 e. The topological polar surface area (TPSA) is 61.5 Å². The quantitative estimate of drug-likeness (QED) is 0.603. The number of hydrogen-bond acceptors (Lipinski definition) is 5. The van der Waals surface area contributed by atoms with Crippen molar-refractivity contribution in [2.45, 2.75) is 26.3 Å². The maximum absolute atomic E-state index is 15.5. The molecule has 31 heavy (non-hydrogen) atoms. The maximum atomic E-state index is 15.5. The molecule has 1 saturated heterocycles. The molecule has 0 spiro atoms. The molecule has 7 nitrogen and oxygen atoms in total. The summed E-state index contributed by atoms with van der Waals surface area (Å²) < 4.78 is 29.9. The molecule has 3 aromatic rings. The predicted octanol–water partition coefficient (Wildman–Crippen LogP) is 3.28. The summed E-state index contributed by atoms with van der Waals surface area (Å²) in [5, 5.41) is 0. The fourth-order valence-corrected chi connectivity index (χ4v) is 4.30. The molecule has 0 bridgehead atoms. The number of aromatic nitrogens is 3. The van der Waals surface area contributed by atoms with E-state index in [1.165, 1.54) is 0 Å². The molecule has 0 amide bonds. The number of aryl methyl sites for hydroxylation is 2. The van der Waals surface area contributed by atoms with Gasteiger partial charge in [0.2, 0.25) is 0 Å². The minimum absolute atomic E-state index is 0.0591. The van der Waals surface area contributed by atoms with Gasteiger partial charge in [0, 0.05) is 50.3 Å². The van der Waals surface area contributed by atoms with E-state index >= 15 is 4.39 Å². The van der Waals surface area contributed by atoms with Gasteiger partial charge in [-0.25, -0.2) is 9.37 Å². The molecule has 0 aliphatic carbocycles. The summed E-state index contributed by atoms with van der Waals surface area (Å²) in [5.74, 6) is 0.324. The van der Waals surface area contributed by atoms with Gasteiger partial charge in [0.25, 0.3) is 5.56 Å². The number of nitrogens with zero attached hydrogens (tertiary/aromatic N) is 4. The molecule has 0 N–H and O–H groups in total. The van der Waals surface area contributed by atoms with Crippen molar-refractivity contribution in [2.24, 2.45) is 7.05 Å². The second kappa shape index (κ2) is 8.80. The van der Waals surface area contributed by atoms with Crippen LogP contribution in [0.25, 0.3) is 22.4 Å². The molecular formula is C23H29FN4O3. The van der Waals surface area contributed by atoms with E-state index in [1.807, 2.05) is 23.6 Å². The number of halogens is 1. The highest BCUT2D eigenvalue weighted by atomic mass is 19.1. The van der Waals surface area contributed by atoms with Crippen LogP contribution in [0.3, 0.4) is 0 Å². The second-order valence-corrected chi connectivity index (χ2v) is 8.05. The lowest BCUT2D eigenvalue weighted by atomic mass is 10.1. The van der Waals surface area contributed by atoms with Crippen molar-refractivity contribution in [3.63, 3.8) is 0 Å². The van der Waals surface area contributed by atoms with Gasteiger partial charge in [0.05, 0.1) is 31.4 Å². The van der Waals surface area contributed by atoms with Gasteiger partial charge < -0.3 is 23.5 Å². The third-order valence-corrected chi connectivity index (χ3v) is 5.92. The largest absolute Gasteiger partial charge is 0.383 e. The Kier molecular flexibility index (Phi) is 6.11. The van der Waals surface area contributed by atoms with Gasteiger partial charge in [0.1, 0.15) is 11.3 Å². The van der Waals surface area contributed by atoms with Gasteiger partial charge in [-0.2, -0.15) is 0 Å². The molecule has 8 heteroatoms. The number of ether oxygens (including phenoxy) is 2. The molecule has 0 saturated carbocycles. The number of rotatable bonds is 6. The molecular weight excluding hydrogens is 399 g/mol. The van der Waals surface area contributed by atoms with Crippen LogP contribution in [0.1, 0.15) is 24.9 Å². The molecule has 0 radical (unpaired) electrons. The second-order valence-electron chi connectivity index (χ2n) is 8.05. The number of anilines is 1.